The van der Waals surface area contributed by atoms with E-state index < -0.39 is 0 Å². The van der Waals surface area contributed by atoms with Gasteiger partial charge in [0.05, 0.1) is 12.7 Å². The molecule has 0 amide bonds. The van der Waals surface area contributed by atoms with Crippen molar-refractivity contribution in [2.24, 2.45) is 0 Å². The summed E-state index contributed by atoms with van der Waals surface area (Å²) in [5.74, 6) is 0. The summed E-state index contributed by atoms with van der Waals surface area (Å²) in [5.41, 5.74) is 2.60. The van der Waals surface area contributed by atoms with E-state index in [1.165, 1.54) is 11.1 Å². The Morgan fingerprint density at radius 3 is 1.33 bits per heavy atom. The van der Waals surface area contributed by atoms with Crippen molar-refractivity contribution in [2.75, 3.05) is 0 Å². The summed E-state index contributed by atoms with van der Waals surface area (Å²) >= 11 is 0. The summed E-state index contributed by atoms with van der Waals surface area (Å²) in [6, 6.07) is 20.7. The molecule has 0 saturated carbocycles. The fourth-order valence-electron chi connectivity index (χ4n) is 2.35. The van der Waals surface area contributed by atoms with Crippen LogP contribution in [0, 0.1) is 0 Å². The third kappa shape index (κ3) is 4.95. The van der Waals surface area contributed by atoms with Gasteiger partial charge in [0.15, 0.2) is 0 Å². The molecule has 0 atom stereocenters. The van der Waals surface area contributed by atoms with Crippen LogP contribution < -0.4 is 0 Å². The van der Waals surface area contributed by atoms with E-state index in [2.05, 4.69) is 43.4 Å². The fraction of sp³-hybridized carbons (Fsp3) is 0.100. The van der Waals surface area contributed by atoms with E-state index in [9.17, 15) is 0 Å². The van der Waals surface area contributed by atoms with Crippen molar-refractivity contribution < 1.29 is 0 Å². The number of hydrogen-bond donors (Lipinski definition) is 0. The van der Waals surface area contributed by atoms with Gasteiger partial charge in [-0.3, -0.25) is 0 Å². The van der Waals surface area contributed by atoms with Crippen molar-refractivity contribution in [1.29, 1.82) is 0 Å². The Morgan fingerprint density at radius 2 is 1.00 bits per heavy atom. The first-order chi connectivity index (χ1) is 11.9. The summed E-state index contributed by atoms with van der Waals surface area (Å²) in [6.07, 6.45) is 11.2. The van der Waals surface area contributed by atoms with E-state index in [0.717, 1.165) is 13.1 Å². The molecule has 0 aliphatic heterocycles. The van der Waals surface area contributed by atoms with E-state index in [0.29, 0.717) is 0 Å². The molecule has 2 heterocycles. The molecule has 0 N–H and O–H groups in total. The van der Waals surface area contributed by atoms with Gasteiger partial charge in [-0.1, -0.05) is 60.7 Å². The molecule has 0 fully saturated rings. The van der Waals surface area contributed by atoms with Gasteiger partial charge in [0.2, 0.25) is 0 Å². The lowest BCUT2D eigenvalue weighted by Crippen LogP contribution is -1.95. The molecule has 0 spiro atoms. The van der Waals surface area contributed by atoms with Gasteiger partial charge in [0.25, 0.3) is 0 Å². The third-order valence-corrected chi connectivity index (χ3v) is 3.53. The molecule has 0 bridgehead atoms. The number of imidazole rings is 2. The first kappa shape index (κ1) is 15.7. The Morgan fingerprint density at radius 1 is 0.583 bits per heavy atom. The van der Waals surface area contributed by atoms with Crippen LogP contribution in [0.15, 0.2) is 98.1 Å². The number of nitrogens with zero attached hydrogens (tertiary/aromatic N) is 4. The Kier molecular flexibility index (Phi) is 5.56. The SMILES string of the molecule is c1ccc(Cn2ccnc2)cc1.c1ccc(Cn2ccnc2)cc1. The quantitative estimate of drug-likeness (QED) is 0.573. The van der Waals surface area contributed by atoms with E-state index in [1.54, 1.807) is 12.4 Å². The van der Waals surface area contributed by atoms with Crippen molar-refractivity contribution >= 4 is 0 Å². The smallest absolute Gasteiger partial charge is 0.0949 e. The van der Waals surface area contributed by atoms with E-state index in [-0.39, 0.29) is 0 Å². The zero-order valence-electron chi connectivity index (χ0n) is 13.4. The fourth-order valence-corrected chi connectivity index (χ4v) is 2.35. The average Bonchev–Trinajstić information content (AvgIpc) is 3.32. The Bertz CT molecular complexity index is 720. The van der Waals surface area contributed by atoms with Crippen LogP contribution in [0.2, 0.25) is 0 Å². The minimum atomic E-state index is 0.904. The molecule has 120 valence electrons. The van der Waals surface area contributed by atoms with Crippen molar-refractivity contribution in [3.8, 4) is 0 Å². The summed E-state index contributed by atoms with van der Waals surface area (Å²) in [4.78, 5) is 7.96. The minimum absolute atomic E-state index is 0.904. The molecule has 0 aliphatic carbocycles. The summed E-state index contributed by atoms with van der Waals surface area (Å²) < 4.78 is 4.10. The van der Waals surface area contributed by atoms with Gasteiger partial charge >= 0.3 is 0 Å². The maximum Gasteiger partial charge on any atom is 0.0949 e. The first-order valence-electron chi connectivity index (χ1n) is 7.89. The normalized spacial score (nSPS) is 10.0. The number of rotatable bonds is 4. The Balaban J connectivity index is 0.000000141. The largest absolute Gasteiger partial charge is 0.333 e. The monoisotopic (exact) mass is 316 g/mol. The first-order valence-corrected chi connectivity index (χ1v) is 7.89. The van der Waals surface area contributed by atoms with Crippen LogP contribution in [0.5, 0.6) is 0 Å². The molecule has 4 aromatic rings. The van der Waals surface area contributed by atoms with Gasteiger partial charge in [-0.05, 0) is 11.1 Å². The number of hydrogen-bond acceptors (Lipinski definition) is 2. The highest BCUT2D eigenvalue weighted by molar-refractivity contribution is 5.15. The minimum Gasteiger partial charge on any atom is -0.333 e. The molecule has 0 saturated heterocycles. The van der Waals surface area contributed by atoms with Crippen LogP contribution in [-0.4, -0.2) is 19.1 Å². The van der Waals surface area contributed by atoms with Gasteiger partial charge in [-0.15, -0.1) is 0 Å². The molecule has 0 aliphatic rings. The Labute approximate surface area is 142 Å². The van der Waals surface area contributed by atoms with Crippen LogP contribution >= 0.6 is 0 Å². The molecule has 4 nitrogen and oxygen atoms in total. The number of aromatic nitrogens is 4. The van der Waals surface area contributed by atoms with Crippen molar-refractivity contribution in [2.45, 2.75) is 13.1 Å². The molecule has 24 heavy (non-hydrogen) atoms. The molecule has 2 aromatic heterocycles. The molecule has 0 radical (unpaired) electrons. The highest BCUT2D eigenvalue weighted by Gasteiger charge is 1.92. The van der Waals surface area contributed by atoms with Crippen LogP contribution in [0.25, 0.3) is 0 Å². The summed E-state index contributed by atoms with van der Waals surface area (Å²) in [5, 5.41) is 0. The lowest BCUT2D eigenvalue weighted by molar-refractivity contribution is 0.797. The topological polar surface area (TPSA) is 35.6 Å². The van der Waals surface area contributed by atoms with Gasteiger partial charge in [-0.25, -0.2) is 9.97 Å². The van der Waals surface area contributed by atoms with Gasteiger partial charge in [0.1, 0.15) is 0 Å². The van der Waals surface area contributed by atoms with E-state index in [1.807, 2.05) is 61.4 Å². The highest BCUT2D eigenvalue weighted by atomic mass is 15.0. The van der Waals surface area contributed by atoms with Gasteiger partial charge < -0.3 is 9.13 Å². The standard InChI is InChI=1S/2C10H10N2/c2*1-2-4-10(5-3-1)8-12-7-6-11-9-12/h2*1-7,9H,8H2. The third-order valence-electron chi connectivity index (χ3n) is 3.53. The van der Waals surface area contributed by atoms with E-state index in [4.69, 9.17) is 0 Å². The molecular formula is C20H20N4. The summed E-state index contributed by atoms with van der Waals surface area (Å²) in [6.45, 7) is 1.81. The maximum absolute atomic E-state index is 3.98. The maximum atomic E-state index is 3.98. The predicted octanol–water partition coefficient (Wildman–Crippen LogP) is 3.86. The lowest BCUT2D eigenvalue weighted by atomic mass is 10.2. The zero-order valence-corrected chi connectivity index (χ0v) is 13.4. The van der Waals surface area contributed by atoms with Crippen LogP contribution in [0.1, 0.15) is 11.1 Å². The van der Waals surface area contributed by atoms with Gasteiger partial charge in [0, 0.05) is 37.9 Å². The molecular weight excluding hydrogens is 296 g/mol. The van der Waals surface area contributed by atoms with E-state index >= 15 is 0 Å². The molecule has 4 rings (SSSR count). The van der Waals surface area contributed by atoms with Crippen molar-refractivity contribution in [3.63, 3.8) is 0 Å². The second-order valence-electron chi connectivity index (χ2n) is 5.44. The lowest BCUT2D eigenvalue weighted by Gasteiger charge is -2.00. The predicted molar refractivity (Wildman–Crippen MR) is 95.5 cm³/mol. The van der Waals surface area contributed by atoms with Crippen LogP contribution in [0.3, 0.4) is 0 Å². The Hall–Kier alpha value is -3.14. The van der Waals surface area contributed by atoms with Gasteiger partial charge in [-0.2, -0.15) is 0 Å². The summed E-state index contributed by atoms with van der Waals surface area (Å²) in [7, 11) is 0. The molecule has 0 unspecified atom stereocenters. The molecule has 4 heteroatoms. The molecule has 2 aromatic carbocycles. The highest BCUT2D eigenvalue weighted by Crippen LogP contribution is 2.01. The van der Waals surface area contributed by atoms with Crippen molar-refractivity contribution in [3.05, 3.63) is 109 Å². The average molecular weight is 316 g/mol. The van der Waals surface area contributed by atoms with Crippen LogP contribution in [0.4, 0.5) is 0 Å². The number of benzene rings is 2. The zero-order chi connectivity index (χ0) is 16.5. The second kappa shape index (κ2) is 8.48. The second-order valence-corrected chi connectivity index (χ2v) is 5.44. The van der Waals surface area contributed by atoms with Crippen molar-refractivity contribution in [1.82, 2.24) is 19.1 Å². The van der Waals surface area contributed by atoms with Crippen LogP contribution in [-0.2, 0) is 13.1 Å².